The molecule has 150 valence electrons. The van der Waals surface area contributed by atoms with E-state index in [1.165, 1.54) is 7.11 Å². The van der Waals surface area contributed by atoms with Crippen molar-refractivity contribution in [3.05, 3.63) is 83.4 Å². The molecule has 0 atom stereocenters. The Hall–Kier alpha value is -4.13. The first-order valence-corrected chi connectivity index (χ1v) is 9.14. The predicted octanol–water partition coefficient (Wildman–Crippen LogP) is 3.76. The van der Waals surface area contributed by atoms with E-state index in [9.17, 15) is 14.4 Å². The molecule has 7 nitrogen and oxygen atoms in total. The molecule has 0 bridgehead atoms. The molecule has 1 aliphatic heterocycles. The largest absolute Gasteiger partial charge is 0.497 e. The van der Waals surface area contributed by atoms with Crippen molar-refractivity contribution < 1.29 is 23.9 Å². The monoisotopic (exact) mass is 402 g/mol. The van der Waals surface area contributed by atoms with Crippen LogP contribution in [0.5, 0.6) is 11.5 Å². The van der Waals surface area contributed by atoms with Gasteiger partial charge in [-0.15, -0.1) is 0 Å². The second kappa shape index (κ2) is 7.71. The van der Waals surface area contributed by atoms with Crippen LogP contribution in [-0.4, -0.2) is 31.9 Å². The van der Waals surface area contributed by atoms with Crippen molar-refractivity contribution in [1.29, 1.82) is 0 Å². The fourth-order valence-corrected chi connectivity index (χ4v) is 3.29. The number of benzene rings is 3. The van der Waals surface area contributed by atoms with Crippen molar-refractivity contribution in [2.24, 2.45) is 0 Å². The lowest BCUT2D eigenvalue weighted by atomic mass is 10.1. The number of rotatable bonds is 5. The van der Waals surface area contributed by atoms with Crippen LogP contribution in [-0.2, 0) is 0 Å². The quantitative estimate of drug-likeness (QED) is 0.657. The minimum atomic E-state index is -0.413. The van der Waals surface area contributed by atoms with E-state index in [2.05, 4.69) is 5.32 Å². The first-order valence-electron chi connectivity index (χ1n) is 9.14. The predicted molar refractivity (Wildman–Crippen MR) is 112 cm³/mol. The molecule has 3 amide bonds. The van der Waals surface area contributed by atoms with Gasteiger partial charge in [0.25, 0.3) is 17.7 Å². The number of methoxy groups -OCH3 is 2. The van der Waals surface area contributed by atoms with Crippen molar-refractivity contribution >= 4 is 29.1 Å². The fourth-order valence-electron chi connectivity index (χ4n) is 3.29. The summed E-state index contributed by atoms with van der Waals surface area (Å²) in [6, 6.07) is 18.1. The molecule has 4 rings (SSSR count). The molecule has 3 aromatic rings. The van der Waals surface area contributed by atoms with Crippen molar-refractivity contribution in [1.82, 2.24) is 0 Å². The molecule has 0 spiro atoms. The number of fused-ring (bicyclic) bond motifs is 1. The Labute approximate surface area is 172 Å². The molecule has 1 N–H and O–H groups in total. The van der Waals surface area contributed by atoms with Crippen LogP contribution in [0.25, 0.3) is 0 Å². The summed E-state index contributed by atoms with van der Waals surface area (Å²) in [5, 5.41) is 2.78. The van der Waals surface area contributed by atoms with Crippen LogP contribution in [0.15, 0.2) is 66.7 Å². The maximum Gasteiger partial charge on any atom is 0.266 e. The van der Waals surface area contributed by atoms with Gasteiger partial charge in [-0.3, -0.25) is 14.4 Å². The van der Waals surface area contributed by atoms with Crippen LogP contribution in [0.2, 0.25) is 0 Å². The lowest BCUT2D eigenvalue weighted by Gasteiger charge is -2.18. The molecule has 0 radical (unpaired) electrons. The summed E-state index contributed by atoms with van der Waals surface area (Å²) >= 11 is 0. The van der Waals surface area contributed by atoms with Gasteiger partial charge in [0, 0.05) is 17.3 Å². The van der Waals surface area contributed by atoms with Gasteiger partial charge in [0.15, 0.2) is 0 Å². The Morgan fingerprint density at radius 1 is 0.833 bits per heavy atom. The van der Waals surface area contributed by atoms with Gasteiger partial charge in [-0.25, -0.2) is 4.90 Å². The first-order chi connectivity index (χ1) is 14.5. The Bertz CT molecular complexity index is 1120. The topological polar surface area (TPSA) is 84.9 Å². The fraction of sp³-hybridized carbons (Fsp3) is 0.0870. The van der Waals surface area contributed by atoms with Crippen LogP contribution in [0.1, 0.15) is 31.1 Å². The molecule has 3 aromatic carbocycles. The van der Waals surface area contributed by atoms with Gasteiger partial charge in [0.05, 0.1) is 31.0 Å². The smallest absolute Gasteiger partial charge is 0.266 e. The number of carbonyl (C=O) groups is 3. The van der Waals surface area contributed by atoms with Gasteiger partial charge in [-0.05, 0) is 48.5 Å². The molecular formula is C23H18N2O5. The normalized spacial score (nSPS) is 12.5. The molecule has 0 saturated heterocycles. The zero-order valence-electron chi connectivity index (χ0n) is 16.3. The summed E-state index contributed by atoms with van der Waals surface area (Å²) in [6.07, 6.45) is 0. The lowest BCUT2D eigenvalue weighted by Crippen LogP contribution is -2.29. The van der Waals surface area contributed by atoms with Gasteiger partial charge in [-0.2, -0.15) is 0 Å². The van der Waals surface area contributed by atoms with Crippen LogP contribution in [0.4, 0.5) is 11.4 Å². The van der Waals surface area contributed by atoms with Gasteiger partial charge < -0.3 is 14.8 Å². The second-order valence-corrected chi connectivity index (χ2v) is 6.56. The zero-order chi connectivity index (χ0) is 21.3. The molecule has 1 heterocycles. The highest BCUT2D eigenvalue weighted by atomic mass is 16.5. The number of hydrogen-bond donors (Lipinski definition) is 1. The number of anilines is 2. The lowest BCUT2D eigenvalue weighted by molar-refractivity contribution is 0.0923. The van der Waals surface area contributed by atoms with Gasteiger partial charge in [0.1, 0.15) is 11.5 Å². The third kappa shape index (κ3) is 3.26. The summed E-state index contributed by atoms with van der Waals surface area (Å²) in [5.74, 6) is -0.198. The number of ether oxygens (including phenoxy) is 2. The van der Waals surface area contributed by atoms with Gasteiger partial charge in [0.2, 0.25) is 0 Å². The zero-order valence-corrected chi connectivity index (χ0v) is 16.3. The Balaban J connectivity index is 1.60. The third-order valence-electron chi connectivity index (χ3n) is 4.82. The summed E-state index contributed by atoms with van der Waals surface area (Å²) in [7, 11) is 2.99. The van der Waals surface area contributed by atoms with E-state index in [4.69, 9.17) is 9.47 Å². The minimum Gasteiger partial charge on any atom is -0.497 e. The second-order valence-electron chi connectivity index (χ2n) is 6.56. The molecule has 0 fully saturated rings. The maximum atomic E-state index is 12.7. The van der Waals surface area contributed by atoms with Gasteiger partial charge >= 0.3 is 0 Å². The average Bonchev–Trinajstić information content (AvgIpc) is 3.04. The van der Waals surface area contributed by atoms with E-state index in [-0.39, 0.29) is 11.7 Å². The molecule has 7 heteroatoms. The highest BCUT2D eigenvalue weighted by Gasteiger charge is 2.37. The van der Waals surface area contributed by atoms with Crippen LogP contribution in [0.3, 0.4) is 0 Å². The Morgan fingerprint density at radius 2 is 1.47 bits per heavy atom. The Morgan fingerprint density at radius 3 is 2.03 bits per heavy atom. The summed E-state index contributed by atoms with van der Waals surface area (Å²) in [5.41, 5.74) is 1.93. The van der Waals surface area contributed by atoms with Gasteiger partial charge in [-0.1, -0.05) is 12.1 Å². The minimum absolute atomic E-state index is 0.289. The van der Waals surface area contributed by atoms with E-state index in [0.717, 1.165) is 4.90 Å². The van der Waals surface area contributed by atoms with E-state index >= 15 is 0 Å². The number of carbonyl (C=O) groups excluding carboxylic acids is 3. The van der Waals surface area contributed by atoms with Crippen LogP contribution in [0, 0.1) is 0 Å². The van der Waals surface area contributed by atoms with E-state index in [1.807, 2.05) is 0 Å². The van der Waals surface area contributed by atoms with Crippen molar-refractivity contribution in [3.63, 3.8) is 0 Å². The summed E-state index contributed by atoms with van der Waals surface area (Å²) < 4.78 is 10.5. The van der Waals surface area contributed by atoms with E-state index in [0.29, 0.717) is 33.8 Å². The SMILES string of the molecule is COc1ccc(C(=O)Nc2ccc(N3C(=O)c4ccccc4C3=O)c(OC)c2)cc1. The standard InChI is InChI=1S/C23H18N2O5/c1-29-16-10-7-14(8-11-16)21(26)24-15-9-12-19(20(13-15)30-2)25-22(27)17-5-3-4-6-18(17)23(25)28/h3-13H,1-2H3,(H,24,26). The molecule has 0 aromatic heterocycles. The number of amides is 3. The third-order valence-corrected chi connectivity index (χ3v) is 4.82. The molecule has 0 unspecified atom stereocenters. The van der Waals surface area contributed by atoms with Crippen LogP contribution >= 0.6 is 0 Å². The summed E-state index contributed by atoms with van der Waals surface area (Å²) in [6.45, 7) is 0. The average molecular weight is 402 g/mol. The number of imide groups is 1. The first kappa shape index (κ1) is 19.2. The molecule has 30 heavy (non-hydrogen) atoms. The van der Waals surface area contributed by atoms with Crippen molar-refractivity contribution in [3.8, 4) is 11.5 Å². The number of nitrogens with zero attached hydrogens (tertiary/aromatic N) is 1. The highest BCUT2D eigenvalue weighted by molar-refractivity contribution is 6.34. The van der Waals surface area contributed by atoms with Crippen molar-refractivity contribution in [2.75, 3.05) is 24.4 Å². The van der Waals surface area contributed by atoms with Crippen LogP contribution < -0.4 is 19.7 Å². The molecule has 0 aliphatic carbocycles. The summed E-state index contributed by atoms with van der Waals surface area (Å²) in [4.78, 5) is 39.1. The van der Waals surface area contributed by atoms with E-state index < -0.39 is 11.8 Å². The maximum absolute atomic E-state index is 12.7. The molecule has 1 aliphatic rings. The number of hydrogen-bond acceptors (Lipinski definition) is 5. The highest BCUT2D eigenvalue weighted by Crippen LogP contribution is 2.36. The molecular weight excluding hydrogens is 384 g/mol. The van der Waals surface area contributed by atoms with E-state index in [1.54, 1.807) is 73.8 Å². The van der Waals surface area contributed by atoms with Crippen molar-refractivity contribution in [2.45, 2.75) is 0 Å². The number of nitrogens with one attached hydrogen (secondary N) is 1. The Kier molecular flexibility index (Phi) is 4.93. The molecule has 0 saturated carbocycles.